The highest BCUT2D eigenvalue weighted by molar-refractivity contribution is 7.92. The van der Waals surface area contributed by atoms with Gasteiger partial charge in [0.15, 0.2) is 9.84 Å². The summed E-state index contributed by atoms with van der Waals surface area (Å²) in [6.07, 6.45) is 4.23. The van der Waals surface area contributed by atoms with Crippen molar-refractivity contribution in [2.24, 2.45) is 10.9 Å². The fourth-order valence-corrected chi connectivity index (χ4v) is 6.00. The second kappa shape index (κ2) is 11.6. The van der Waals surface area contributed by atoms with Crippen molar-refractivity contribution in [2.45, 2.75) is 50.2 Å². The quantitative estimate of drug-likeness (QED) is 0.243. The smallest absolute Gasteiger partial charge is 0.181 e. The number of hydrogen-bond acceptors (Lipinski definition) is 6. The van der Waals surface area contributed by atoms with Crippen LogP contribution in [0, 0.1) is 5.92 Å². The third-order valence-electron chi connectivity index (χ3n) is 6.43. The van der Waals surface area contributed by atoms with Gasteiger partial charge in [0.2, 0.25) is 0 Å². The Morgan fingerprint density at radius 1 is 1.19 bits per heavy atom. The molecule has 0 atom stereocenters. The topological polar surface area (TPSA) is 95.0 Å². The lowest BCUT2D eigenvalue weighted by molar-refractivity contribution is 0.189. The van der Waals surface area contributed by atoms with Crippen LogP contribution in [0.4, 0.5) is 5.82 Å². The Labute approximate surface area is 214 Å². The Bertz CT molecular complexity index is 1310. The van der Waals surface area contributed by atoms with Crippen LogP contribution in [-0.4, -0.2) is 67.7 Å². The monoisotopic (exact) mass is 511 g/mol. The zero-order valence-electron chi connectivity index (χ0n) is 21.4. The number of likely N-dealkylation sites (N-methyl/N-ethyl adjacent to an activating group) is 1. The molecule has 1 saturated carbocycles. The van der Waals surface area contributed by atoms with Crippen molar-refractivity contribution in [1.29, 1.82) is 0 Å². The second-order valence-electron chi connectivity index (χ2n) is 9.71. The van der Waals surface area contributed by atoms with Crippen molar-refractivity contribution in [3.8, 4) is 16.9 Å². The standard InChI is InChI=1S/C28H37N3O4S/c1-4-31(14-15-32)13-6-16-35-26-12-11-24(25-18-27(30-28(25)26)29-19-20(2)3)21-7-5-8-23(17-21)36(33,34)22-9-10-22/h5,7-8,11-12,17-20,22,30,32H,4,6,9-10,13-16H2,1-3H3/b29-19-. The van der Waals surface area contributed by atoms with E-state index in [2.05, 4.69) is 35.6 Å². The number of nitrogens with zero attached hydrogens (tertiary/aromatic N) is 2. The van der Waals surface area contributed by atoms with Gasteiger partial charge in [0.1, 0.15) is 11.6 Å². The van der Waals surface area contributed by atoms with Crippen LogP contribution in [0.15, 0.2) is 52.4 Å². The summed E-state index contributed by atoms with van der Waals surface area (Å²) in [5.74, 6) is 1.79. The third kappa shape index (κ3) is 6.17. The number of ether oxygens (including phenoxy) is 1. The van der Waals surface area contributed by atoms with E-state index in [1.54, 1.807) is 12.1 Å². The third-order valence-corrected chi connectivity index (χ3v) is 8.69. The molecule has 1 fully saturated rings. The minimum Gasteiger partial charge on any atom is -0.491 e. The van der Waals surface area contributed by atoms with E-state index in [0.29, 0.717) is 24.0 Å². The number of rotatable bonds is 13. The molecule has 194 valence electrons. The number of sulfone groups is 1. The zero-order chi connectivity index (χ0) is 25.7. The predicted molar refractivity (Wildman–Crippen MR) is 146 cm³/mol. The second-order valence-corrected chi connectivity index (χ2v) is 11.9. The highest BCUT2D eigenvalue weighted by Gasteiger charge is 2.36. The van der Waals surface area contributed by atoms with Crippen molar-refractivity contribution in [1.82, 2.24) is 9.88 Å². The van der Waals surface area contributed by atoms with Crippen molar-refractivity contribution in [3.05, 3.63) is 42.5 Å². The summed E-state index contributed by atoms with van der Waals surface area (Å²) in [6.45, 7) is 9.36. The van der Waals surface area contributed by atoms with Crippen LogP contribution in [0.25, 0.3) is 22.0 Å². The van der Waals surface area contributed by atoms with E-state index in [-0.39, 0.29) is 11.9 Å². The van der Waals surface area contributed by atoms with Crippen molar-refractivity contribution < 1.29 is 18.3 Å². The maximum absolute atomic E-state index is 12.8. The molecule has 36 heavy (non-hydrogen) atoms. The summed E-state index contributed by atoms with van der Waals surface area (Å²) >= 11 is 0. The van der Waals surface area contributed by atoms with Gasteiger partial charge in [0, 0.05) is 24.7 Å². The summed E-state index contributed by atoms with van der Waals surface area (Å²) in [4.78, 5) is 10.6. The number of aromatic nitrogens is 1. The average Bonchev–Trinajstić information content (AvgIpc) is 3.64. The summed E-state index contributed by atoms with van der Waals surface area (Å²) < 4.78 is 31.9. The minimum absolute atomic E-state index is 0.155. The maximum atomic E-state index is 12.8. The van der Waals surface area contributed by atoms with Crippen LogP contribution in [0.1, 0.15) is 40.0 Å². The van der Waals surface area contributed by atoms with E-state index in [1.165, 1.54) is 0 Å². The zero-order valence-corrected chi connectivity index (χ0v) is 22.2. The van der Waals surface area contributed by atoms with Crippen LogP contribution < -0.4 is 4.74 Å². The molecule has 0 unspecified atom stereocenters. The first-order valence-corrected chi connectivity index (χ1v) is 14.4. The Kier molecular flexibility index (Phi) is 8.49. The Morgan fingerprint density at radius 2 is 2.00 bits per heavy atom. The molecule has 0 radical (unpaired) electrons. The number of aliphatic imine (C=N–C) groups is 1. The van der Waals surface area contributed by atoms with E-state index in [4.69, 9.17) is 4.74 Å². The van der Waals surface area contributed by atoms with E-state index < -0.39 is 9.84 Å². The summed E-state index contributed by atoms with van der Waals surface area (Å²) in [5.41, 5.74) is 2.64. The highest BCUT2D eigenvalue weighted by Crippen LogP contribution is 2.39. The summed E-state index contributed by atoms with van der Waals surface area (Å²) in [6, 6.07) is 13.2. The molecule has 0 aliphatic heterocycles. The predicted octanol–water partition coefficient (Wildman–Crippen LogP) is 5.21. The van der Waals surface area contributed by atoms with Gasteiger partial charge in [-0.05, 0) is 73.2 Å². The SMILES string of the molecule is CCN(CCO)CCCOc1ccc(-c2cccc(S(=O)(=O)C3CC3)c2)c2cc(/N=C\C(C)C)[nH]c12. The molecule has 8 heteroatoms. The molecule has 0 saturated heterocycles. The Hall–Kier alpha value is -2.68. The molecule has 0 bridgehead atoms. The lowest BCUT2D eigenvalue weighted by Gasteiger charge is -2.19. The number of fused-ring (bicyclic) bond motifs is 1. The fraction of sp³-hybridized carbons (Fsp3) is 0.464. The first kappa shape index (κ1) is 26.4. The molecule has 4 rings (SSSR count). The molecule has 7 nitrogen and oxygen atoms in total. The number of nitrogens with one attached hydrogen (secondary N) is 1. The van der Waals surface area contributed by atoms with Gasteiger partial charge >= 0.3 is 0 Å². The fourth-order valence-electron chi connectivity index (χ4n) is 4.30. The van der Waals surface area contributed by atoms with Gasteiger partial charge in [-0.3, -0.25) is 0 Å². The molecule has 3 aromatic rings. The number of aliphatic hydroxyl groups is 1. The van der Waals surface area contributed by atoms with E-state index in [0.717, 1.165) is 65.9 Å². The number of aliphatic hydroxyl groups excluding tert-OH is 1. The maximum Gasteiger partial charge on any atom is 0.181 e. The first-order valence-electron chi connectivity index (χ1n) is 12.8. The Balaban J connectivity index is 1.64. The van der Waals surface area contributed by atoms with Gasteiger partial charge in [0.05, 0.1) is 28.9 Å². The van der Waals surface area contributed by atoms with Crippen LogP contribution in [0.3, 0.4) is 0 Å². The molecule has 1 aromatic heterocycles. The highest BCUT2D eigenvalue weighted by atomic mass is 32.2. The first-order chi connectivity index (χ1) is 17.3. The normalized spacial score (nSPS) is 14.5. The lowest BCUT2D eigenvalue weighted by atomic mass is 10.0. The van der Waals surface area contributed by atoms with Gasteiger partial charge in [0.25, 0.3) is 0 Å². The number of benzene rings is 2. The Morgan fingerprint density at radius 3 is 2.69 bits per heavy atom. The molecule has 1 aliphatic carbocycles. The largest absolute Gasteiger partial charge is 0.491 e. The van der Waals surface area contributed by atoms with Crippen LogP contribution >= 0.6 is 0 Å². The number of H-pyrrole nitrogens is 1. The average molecular weight is 512 g/mol. The molecular formula is C28H37N3O4S. The van der Waals surface area contributed by atoms with Crippen molar-refractivity contribution in [3.63, 3.8) is 0 Å². The minimum atomic E-state index is -3.27. The van der Waals surface area contributed by atoms with Gasteiger partial charge in [-0.1, -0.05) is 32.9 Å². The molecule has 0 amide bonds. The van der Waals surface area contributed by atoms with E-state index in [9.17, 15) is 13.5 Å². The van der Waals surface area contributed by atoms with Gasteiger partial charge in [-0.25, -0.2) is 13.4 Å². The van der Waals surface area contributed by atoms with Crippen molar-refractivity contribution >= 4 is 32.8 Å². The van der Waals surface area contributed by atoms with E-state index >= 15 is 0 Å². The van der Waals surface area contributed by atoms with Crippen LogP contribution in [0.5, 0.6) is 5.75 Å². The van der Waals surface area contributed by atoms with Crippen LogP contribution in [0.2, 0.25) is 0 Å². The van der Waals surface area contributed by atoms with Crippen molar-refractivity contribution in [2.75, 3.05) is 32.8 Å². The van der Waals surface area contributed by atoms with E-state index in [1.807, 2.05) is 36.5 Å². The summed E-state index contributed by atoms with van der Waals surface area (Å²) in [7, 11) is -3.27. The molecule has 0 spiro atoms. The van der Waals surface area contributed by atoms with Gasteiger partial charge in [-0.2, -0.15) is 0 Å². The van der Waals surface area contributed by atoms with Gasteiger partial charge in [-0.15, -0.1) is 0 Å². The molecule has 1 heterocycles. The molecule has 2 aromatic carbocycles. The van der Waals surface area contributed by atoms with Crippen LogP contribution in [-0.2, 0) is 9.84 Å². The molecule has 2 N–H and O–H groups in total. The molecule has 1 aliphatic rings. The van der Waals surface area contributed by atoms with Gasteiger partial charge < -0.3 is 19.7 Å². The summed E-state index contributed by atoms with van der Waals surface area (Å²) in [5, 5.41) is 9.89. The number of aromatic amines is 1. The lowest BCUT2D eigenvalue weighted by Crippen LogP contribution is -2.28. The molecular weight excluding hydrogens is 474 g/mol. The number of hydrogen-bond donors (Lipinski definition) is 2.